The molecule has 8 nitrogen and oxygen atoms in total. The molecule has 0 spiro atoms. The lowest BCUT2D eigenvalue weighted by molar-refractivity contribution is -0.144. The summed E-state index contributed by atoms with van der Waals surface area (Å²) in [5.41, 5.74) is 0.882. The number of nitrogens with zero attached hydrogens (tertiary/aromatic N) is 1. The maximum absolute atomic E-state index is 12.3. The first kappa shape index (κ1) is 19.8. The molecule has 1 fully saturated rings. The SMILES string of the molecule is CCC[C@H](NC(=O)C1OC1C(=O)OCC)C(=O)NCCc1ccccn1. The number of nitrogens with one attached hydrogen (secondary N) is 2. The molecule has 142 valence electrons. The van der Waals surface area contributed by atoms with E-state index in [0.29, 0.717) is 19.4 Å². The lowest BCUT2D eigenvalue weighted by Crippen LogP contribution is -2.48. The molecule has 2 heterocycles. The van der Waals surface area contributed by atoms with Crippen molar-refractivity contribution >= 4 is 17.8 Å². The van der Waals surface area contributed by atoms with Crippen LogP contribution in [0.1, 0.15) is 32.4 Å². The summed E-state index contributed by atoms with van der Waals surface area (Å²) >= 11 is 0. The summed E-state index contributed by atoms with van der Waals surface area (Å²) < 4.78 is 9.88. The molecule has 1 aromatic rings. The van der Waals surface area contributed by atoms with Crippen LogP contribution in [0.4, 0.5) is 0 Å². The van der Waals surface area contributed by atoms with Crippen LogP contribution in [0.15, 0.2) is 24.4 Å². The highest BCUT2D eigenvalue weighted by atomic mass is 16.6. The summed E-state index contributed by atoms with van der Waals surface area (Å²) in [6, 6.07) is 4.94. The third kappa shape index (κ3) is 5.80. The van der Waals surface area contributed by atoms with E-state index in [9.17, 15) is 14.4 Å². The van der Waals surface area contributed by atoms with Gasteiger partial charge in [0.1, 0.15) is 6.04 Å². The fourth-order valence-corrected chi connectivity index (χ4v) is 2.51. The average Bonchev–Trinajstić information content (AvgIpc) is 3.43. The van der Waals surface area contributed by atoms with Crippen LogP contribution in [0.2, 0.25) is 0 Å². The van der Waals surface area contributed by atoms with E-state index in [1.165, 1.54) is 0 Å². The van der Waals surface area contributed by atoms with Crippen LogP contribution >= 0.6 is 0 Å². The number of amides is 2. The molecule has 0 bridgehead atoms. The minimum Gasteiger partial charge on any atom is -0.464 e. The van der Waals surface area contributed by atoms with Crippen LogP contribution in [-0.2, 0) is 30.3 Å². The molecule has 0 aliphatic carbocycles. The molecule has 1 aliphatic rings. The Morgan fingerprint density at radius 1 is 1.27 bits per heavy atom. The second kappa shape index (κ2) is 9.86. The standard InChI is InChI=1S/C18H25N3O5/c1-3-7-13(16(22)20-11-9-12-8-5-6-10-19-12)21-17(23)14-15(26-14)18(24)25-4-2/h5-6,8,10,13-15H,3-4,7,9,11H2,1-2H3,(H,20,22)(H,21,23)/t13-,14?,15?/m0/s1. The third-order valence-corrected chi connectivity index (χ3v) is 3.89. The van der Waals surface area contributed by atoms with Crippen molar-refractivity contribution < 1.29 is 23.9 Å². The third-order valence-electron chi connectivity index (χ3n) is 3.89. The van der Waals surface area contributed by atoms with Crippen molar-refractivity contribution in [1.82, 2.24) is 15.6 Å². The van der Waals surface area contributed by atoms with Crippen molar-refractivity contribution in [3.05, 3.63) is 30.1 Å². The zero-order valence-electron chi connectivity index (χ0n) is 15.1. The summed E-state index contributed by atoms with van der Waals surface area (Å²) in [7, 11) is 0. The molecule has 0 aromatic carbocycles. The summed E-state index contributed by atoms with van der Waals surface area (Å²) in [6.07, 6.45) is 1.78. The molecule has 1 aliphatic heterocycles. The molecular weight excluding hydrogens is 338 g/mol. The van der Waals surface area contributed by atoms with Crippen molar-refractivity contribution in [3.63, 3.8) is 0 Å². The van der Waals surface area contributed by atoms with Gasteiger partial charge in [-0.3, -0.25) is 14.6 Å². The number of ether oxygens (including phenoxy) is 2. The molecule has 3 atom stereocenters. The lowest BCUT2D eigenvalue weighted by atomic mass is 10.1. The molecule has 26 heavy (non-hydrogen) atoms. The van der Waals surface area contributed by atoms with Gasteiger partial charge in [-0.2, -0.15) is 0 Å². The zero-order chi connectivity index (χ0) is 18.9. The van der Waals surface area contributed by atoms with Crippen LogP contribution in [0.3, 0.4) is 0 Å². The van der Waals surface area contributed by atoms with Crippen LogP contribution in [0, 0.1) is 0 Å². The van der Waals surface area contributed by atoms with Crippen LogP contribution in [0.25, 0.3) is 0 Å². The molecule has 1 aromatic heterocycles. The largest absolute Gasteiger partial charge is 0.464 e. The number of hydrogen-bond acceptors (Lipinski definition) is 6. The number of carbonyl (C=O) groups is 3. The predicted molar refractivity (Wildman–Crippen MR) is 93.1 cm³/mol. The minimum atomic E-state index is -0.880. The Kier molecular flexibility index (Phi) is 7.53. The van der Waals surface area contributed by atoms with Gasteiger partial charge in [0.2, 0.25) is 5.91 Å². The van der Waals surface area contributed by atoms with Gasteiger partial charge in [0.25, 0.3) is 5.91 Å². The Morgan fingerprint density at radius 2 is 2.08 bits per heavy atom. The van der Waals surface area contributed by atoms with E-state index in [2.05, 4.69) is 15.6 Å². The van der Waals surface area contributed by atoms with Gasteiger partial charge >= 0.3 is 5.97 Å². The second-order valence-electron chi connectivity index (χ2n) is 5.94. The van der Waals surface area contributed by atoms with E-state index in [1.807, 2.05) is 25.1 Å². The first-order valence-electron chi connectivity index (χ1n) is 8.86. The van der Waals surface area contributed by atoms with Gasteiger partial charge in [-0.05, 0) is 25.5 Å². The number of pyridine rings is 1. The maximum Gasteiger partial charge on any atom is 0.338 e. The Labute approximate surface area is 152 Å². The second-order valence-corrected chi connectivity index (χ2v) is 5.94. The molecule has 8 heteroatoms. The molecular formula is C18H25N3O5. The van der Waals surface area contributed by atoms with Crippen molar-refractivity contribution in [2.45, 2.75) is 51.4 Å². The fourth-order valence-electron chi connectivity index (χ4n) is 2.51. The van der Waals surface area contributed by atoms with E-state index in [0.717, 1.165) is 12.1 Å². The minimum absolute atomic E-state index is 0.226. The Morgan fingerprint density at radius 3 is 2.73 bits per heavy atom. The van der Waals surface area contributed by atoms with Crippen LogP contribution in [-0.4, -0.2) is 54.2 Å². The Balaban J connectivity index is 1.79. The van der Waals surface area contributed by atoms with E-state index < -0.39 is 30.1 Å². The van der Waals surface area contributed by atoms with Gasteiger partial charge in [-0.1, -0.05) is 19.4 Å². The van der Waals surface area contributed by atoms with Crippen molar-refractivity contribution in [2.75, 3.05) is 13.2 Å². The predicted octanol–water partition coefficient (Wildman–Crippen LogP) is 0.356. The fraction of sp³-hybridized carbons (Fsp3) is 0.556. The number of epoxide rings is 1. The Bertz CT molecular complexity index is 623. The highest BCUT2D eigenvalue weighted by Gasteiger charge is 2.52. The van der Waals surface area contributed by atoms with E-state index in [1.54, 1.807) is 13.1 Å². The average molecular weight is 363 g/mol. The summed E-state index contributed by atoms with van der Waals surface area (Å²) in [5, 5.41) is 5.46. The summed E-state index contributed by atoms with van der Waals surface area (Å²) in [5.74, 6) is -1.29. The molecule has 2 rings (SSSR count). The normalized spacial score (nSPS) is 19.3. The van der Waals surface area contributed by atoms with Gasteiger partial charge in [-0.25, -0.2) is 4.79 Å². The number of carbonyl (C=O) groups excluding carboxylic acids is 3. The van der Waals surface area contributed by atoms with Gasteiger partial charge < -0.3 is 20.1 Å². The highest BCUT2D eigenvalue weighted by Crippen LogP contribution is 2.23. The number of rotatable bonds is 10. The number of hydrogen-bond donors (Lipinski definition) is 2. The van der Waals surface area contributed by atoms with Gasteiger partial charge in [0.05, 0.1) is 6.61 Å². The zero-order valence-corrected chi connectivity index (χ0v) is 15.1. The van der Waals surface area contributed by atoms with Crippen molar-refractivity contribution in [1.29, 1.82) is 0 Å². The van der Waals surface area contributed by atoms with Crippen LogP contribution in [0.5, 0.6) is 0 Å². The quantitative estimate of drug-likeness (QED) is 0.459. The maximum atomic E-state index is 12.3. The Hall–Kier alpha value is -2.48. The first-order valence-corrected chi connectivity index (χ1v) is 8.86. The highest BCUT2D eigenvalue weighted by molar-refractivity contribution is 5.95. The van der Waals surface area contributed by atoms with E-state index in [4.69, 9.17) is 9.47 Å². The van der Waals surface area contributed by atoms with Gasteiger partial charge in [-0.15, -0.1) is 0 Å². The monoisotopic (exact) mass is 363 g/mol. The molecule has 2 amide bonds. The lowest BCUT2D eigenvalue weighted by Gasteiger charge is -2.17. The van der Waals surface area contributed by atoms with Crippen LogP contribution < -0.4 is 10.6 Å². The first-order chi connectivity index (χ1) is 12.6. The van der Waals surface area contributed by atoms with E-state index >= 15 is 0 Å². The number of aromatic nitrogens is 1. The van der Waals surface area contributed by atoms with Crippen molar-refractivity contribution in [3.8, 4) is 0 Å². The van der Waals surface area contributed by atoms with Gasteiger partial charge in [0.15, 0.2) is 12.2 Å². The van der Waals surface area contributed by atoms with Crippen molar-refractivity contribution in [2.24, 2.45) is 0 Å². The molecule has 2 unspecified atom stereocenters. The topological polar surface area (TPSA) is 110 Å². The molecule has 0 saturated carbocycles. The van der Waals surface area contributed by atoms with Gasteiger partial charge in [0, 0.05) is 24.9 Å². The molecule has 0 radical (unpaired) electrons. The molecule has 1 saturated heterocycles. The smallest absolute Gasteiger partial charge is 0.338 e. The summed E-state index contributed by atoms with van der Waals surface area (Å²) in [6.45, 7) is 4.26. The summed E-state index contributed by atoms with van der Waals surface area (Å²) in [4.78, 5) is 40.2. The number of esters is 1. The van der Waals surface area contributed by atoms with E-state index in [-0.39, 0.29) is 12.5 Å². The molecule has 2 N–H and O–H groups in total.